The van der Waals surface area contributed by atoms with E-state index in [9.17, 15) is 9.59 Å². The molecule has 4 heteroatoms. The highest BCUT2D eigenvalue weighted by molar-refractivity contribution is 5.76. The molecule has 1 fully saturated rings. The summed E-state index contributed by atoms with van der Waals surface area (Å²) in [6, 6.07) is 0. The van der Waals surface area contributed by atoms with Crippen LogP contribution in [0.1, 0.15) is 71.1 Å². The average molecular weight is 283 g/mol. The summed E-state index contributed by atoms with van der Waals surface area (Å²) in [5, 5.41) is 8.59. The Labute approximate surface area is 122 Å². The van der Waals surface area contributed by atoms with E-state index in [4.69, 9.17) is 5.11 Å². The molecule has 4 nitrogen and oxygen atoms in total. The van der Waals surface area contributed by atoms with E-state index in [-0.39, 0.29) is 12.3 Å². The summed E-state index contributed by atoms with van der Waals surface area (Å²) in [5.41, 5.74) is 0. The minimum absolute atomic E-state index is 0.170. The maximum atomic E-state index is 12.2. The van der Waals surface area contributed by atoms with E-state index in [0.717, 1.165) is 19.5 Å². The van der Waals surface area contributed by atoms with Crippen LogP contribution >= 0.6 is 0 Å². The summed E-state index contributed by atoms with van der Waals surface area (Å²) in [4.78, 5) is 24.7. The molecule has 1 amide bonds. The monoisotopic (exact) mass is 283 g/mol. The molecule has 0 radical (unpaired) electrons. The van der Waals surface area contributed by atoms with Crippen LogP contribution in [0.15, 0.2) is 0 Å². The summed E-state index contributed by atoms with van der Waals surface area (Å²) in [6.45, 7) is 3.85. The molecule has 0 aromatic heterocycles. The normalized spacial score (nSPS) is 16.1. The lowest BCUT2D eigenvalue weighted by Gasteiger charge is -2.29. The summed E-state index contributed by atoms with van der Waals surface area (Å²) in [7, 11) is 0. The van der Waals surface area contributed by atoms with Gasteiger partial charge in [0.25, 0.3) is 0 Å². The van der Waals surface area contributed by atoms with Gasteiger partial charge in [0.1, 0.15) is 0 Å². The van der Waals surface area contributed by atoms with E-state index in [1.165, 1.54) is 32.1 Å². The zero-order valence-corrected chi connectivity index (χ0v) is 12.8. The fourth-order valence-corrected chi connectivity index (χ4v) is 2.98. The van der Waals surface area contributed by atoms with Crippen LogP contribution in [0.3, 0.4) is 0 Å². The molecule has 0 bridgehead atoms. The summed E-state index contributed by atoms with van der Waals surface area (Å²) in [5.74, 6) is 0.117. The number of carboxylic acids is 1. The number of carboxylic acid groups (broad SMARTS) is 1. The number of nitrogens with zero attached hydrogens (tertiary/aromatic N) is 1. The molecule has 0 atom stereocenters. The van der Waals surface area contributed by atoms with Crippen molar-refractivity contribution in [2.24, 2.45) is 5.92 Å². The van der Waals surface area contributed by atoms with E-state index in [1.807, 2.05) is 4.90 Å². The third-order valence-corrected chi connectivity index (χ3v) is 4.08. The van der Waals surface area contributed by atoms with Crippen LogP contribution < -0.4 is 0 Å². The van der Waals surface area contributed by atoms with Gasteiger partial charge in [-0.2, -0.15) is 0 Å². The first-order valence-corrected chi connectivity index (χ1v) is 8.13. The number of unbranched alkanes of at least 4 members (excludes halogenated alkanes) is 1. The molecule has 0 aromatic rings. The number of rotatable bonds is 9. The van der Waals surface area contributed by atoms with Crippen molar-refractivity contribution in [3.05, 3.63) is 0 Å². The van der Waals surface area contributed by atoms with Gasteiger partial charge in [0.15, 0.2) is 0 Å². The molecule has 116 valence electrons. The maximum absolute atomic E-state index is 12.2. The third kappa shape index (κ3) is 6.92. The van der Waals surface area contributed by atoms with Gasteiger partial charge >= 0.3 is 5.97 Å². The van der Waals surface area contributed by atoms with Crippen molar-refractivity contribution in [1.29, 1.82) is 0 Å². The smallest absolute Gasteiger partial charge is 0.303 e. The van der Waals surface area contributed by atoms with Gasteiger partial charge in [-0.05, 0) is 38.0 Å². The Morgan fingerprint density at radius 2 is 1.75 bits per heavy atom. The van der Waals surface area contributed by atoms with E-state index in [1.54, 1.807) is 0 Å². The molecule has 0 heterocycles. The van der Waals surface area contributed by atoms with Crippen molar-refractivity contribution in [1.82, 2.24) is 4.90 Å². The number of carbonyl (C=O) groups is 2. The lowest BCUT2D eigenvalue weighted by molar-refractivity contribution is -0.137. The van der Waals surface area contributed by atoms with Crippen molar-refractivity contribution in [3.8, 4) is 0 Å². The molecule has 1 saturated carbocycles. The largest absolute Gasteiger partial charge is 0.481 e. The molecule has 20 heavy (non-hydrogen) atoms. The Morgan fingerprint density at radius 3 is 2.35 bits per heavy atom. The van der Waals surface area contributed by atoms with Crippen LogP contribution in [0, 0.1) is 5.92 Å². The topological polar surface area (TPSA) is 57.6 Å². The van der Waals surface area contributed by atoms with Gasteiger partial charge in [0.05, 0.1) is 0 Å². The van der Waals surface area contributed by atoms with Crippen molar-refractivity contribution in [2.45, 2.75) is 71.1 Å². The van der Waals surface area contributed by atoms with Gasteiger partial charge in [-0.25, -0.2) is 0 Å². The van der Waals surface area contributed by atoms with E-state index < -0.39 is 5.97 Å². The highest BCUT2D eigenvalue weighted by Crippen LogP contribution is 2.24. The molecular weight excluding hydrogens is 254 g/mol. The number of carbonyl (C=O) groups excluding carboxylic acids is 1. The predicted octanol–water partition coefficient (Wildman–Crippen LogP) is 3.45. The second-order valence-corrected chi connectivity index (χ2v) is 5.94. The average Bonchev–Trinajstić information content (AvgIpc) is 2.44. The highest BCUT2D eigenvalue weighted by Gasteiger charge is 2.20. The van der Waals surface area contributed by atoms with Crippen molar-refractivity contribution in [3.63, 3.8) is 0 Å². The van der Waals surface area contributed by atoms with Crippen molar-refractivity contribution in [2.75, 3.05) is 13.1 Å². The molecule has 0 aromatic carbocycles. The Bertz CT molecular complexity index is 298. The molecule has 1 aliphatic rings. The third-order valence-electron chi connectivity index (χ3n) is 4.08. The first kappa shape index (κ1) is 17.0. The van der Waals surface area contributed by atoms with E-state index >= 15 is 0 Å². The summed E-state index contributed by atoms with van der Waals surface area (Å²) >= 11 is 0. The first-order chi connectivity index (χ1) is 9.63. The van der Waals surface area contributed by atoms with Gasteiger partial charge < -0.3 is 10.0 Å². The molecule has 0 saturated heterocycles. The zero-order chi connectivity index (χ0) is 14.8. The molecule has 1 N–H and O–H groups in total. The van der Waals surface area contributed by atoms with Gasteiger partial charge in [-0.15, -0.1) is 0 Å². The molecule has 1 aliphatic carbocycles. The highest BCUT2D eigenvalue weighted by atomic mass is 16.4. The van der Waals surface area contributed by atoms with E-state index in [0.29, 0.717) is 25.2 Å². The summed E-state index contributed by atoms with van der Waals surface area (Å²) < 4.78 is 0. The molecular formula is C16H29NO3. The Hall–Kier alpha value is -1.06. The molecule has 1 rings (SSSR count). The van der Waals surface area contributed by atoms with Crippen LogP contribution in [0.4, 0.5) is 0 Å². The first-order valence-electron chi connectivity index (χ1n) is 8.13. The fourth-order valence-electron chi connectivity index (χ4n) is 2.98. The molecule has 0 spiro atoms. The number of hydrogen-bond donors (Lipinski definition) is 1. The minimum atomic E-state index is -0.773. The Morgan fingerprint density at radius 1 is 1.10 bits per heavy atom. The van der Waals surface area contributed by atoms with Crippen LogP contribution in [-0.4, -0.2) is 35.0 Å². The van der Waals surface area contributed by atoms with Crippen molar-refractivity contribution >= 4 is 11.9 Å². The van der Waals surface area contributed by atoms with Gasteiger partial charge in [0.2, 0.25) is 5.91 Å². The number of amides is 1. The Kier molecular flexibility index (Phi) is 8.31. The lowest BCUT2D eigenvalue weighted by atomic mass is 9.89. The number of hydrogen-bond acceptors (Lipinski definition) is 2. The van der Waals surface area contributed by atoms with Crippen LogP contribution in [0.2, 0.25) is 0 Å². The van der Waals surface area contributed by atoms with Crippen LogP contribution in [0.25, 0.3) is 0 Å². The van der Waals surface area contributed by atoms with E-state index in [2.05, 4.69) is 6.92 Å². The molecule has 0 unspecified atom stereocenters. The van der Waals surface area contributed by atoms with Gasteiger partial charge in [-0.1, -0.05) is 26.2 Å². The lowest BCUT2D eigenvalue weighted by Crippen LogP contribution is -2.36. The van der Waals surface area contributed by atoms with Gasteiger partial charge in [0, 0.05) is 25.9 Å². The SMILES string of the molecule is CCCN(CC1CCCCC1)C(=O)CCCCC(=O)O. The van der Waals surface area contributed by atoms with Crippen LogP contribution in [0.5, 0.6) is 0 Å². The number of aliphatic carboxylic acids is 1. The maximum Gasteiger partial charge on any atom is 0.303 e. The van der Waals surface area contributed by atoms with Crippen LogP contribution in [-0.2, 0) is 9.59 Å². The second-order valence-electron chi connectivity index (χ2n) is 5.94. The quantitative estimate of drug-likeness (QED) is 0.659. The molecule has 0 aliphatic heterocycles. The van der Waals surface area contributed by atoms with Crippen molar-refractivity contribution < 1.29 is 14.7 Å². The zero-order valence-electron chi connectivity index (χ0n) is 12.8. The Balaban J connectivity index is 2.31. The van der Waals surface area contributed by atoms with Gasteiger partial charge in [-0.3, -0.25) is 9.59 Å². The second kappa shape index (κ2) is 9.78. The summed E-state index contributed by atoms with van der Waals surface area (Å²) in [6.07, 6.45) is 9.42. The minimum Gasteiger partial charge on any atom is -0.481 e. The predicted molar refractivity (Wildman–Crippen MR) is 79.5 cm³/mol. The standard InChI is InChI=1S/C16H29NO3/c1-2-12-17(13-14-8-4-3-5-9-14)15(18)10-6-7-11-16(19)20/h14H,2-13H2,1H3,(H,19,20). The fraction of sp³-hybridized carbons (Fsp3) is 0.875.